The van der Waals surface area contributed by atoms with Gasteiger partial charge in [-0.3, -0.25) is 0 Å². The van der Waals surface area contributed by atoms with Gasteiger partial charge in [-0.2, -0.15) is 0 Å². The van der Waals surface area contributed by atoms with E-state index in [1.165, 1.54) is 33.5 Å². The second kappa shape index (κ2) is 10.2. The van der Waals surface area contributed by atoms with Crippen molar-refractivity contribution < 1.29 is 14.6 Å². The van der Waals surface area contributed by atoms with Gasteiger partial charge in [-0.05, 0) is 107 Å². The number of benzene rings is 5. The maximum absolute atomic E-state index is 11.2. The Morgan fingerprint density at radius 1 is 0.907 bits per heavy atom. The summed E-state index contributed by atoms with van der Waals surface area (Å²) >= 11 is 0. The molecule has 0 aromatic heterocycles. The second-order valence-corrected chi connectivity index (χ2v) is 11.9. The van der Waals surface area contributed by atoms with Crippen LogP contribution >= 0.6 is 0 Å². The van der Waals surface area contributed by atoms with E-state index in [0.29, 0.717) is 5.75 Å². The van der Waals surface area contributed by atoms with Gasteiger partial charge in [-0.1, -0.05) is 55.5 Å². The van der Waals surface area contributed by atoms with Crippen LogP contribution in [-0.2, 0) is 24.9 Å². The van der Waals surface area contributed by atoms with E-state index in [4.69, 9.17) is 9.47 Å². The average molecular weight is 568 g/mol. The zero-order valence-electron chi connectivity index (χ0n) is 25.5. The van der Waals surface area contributed by atoms with Crippen LogP contribution in [0.5, 0.6) is 17.2 Å². The molecule has 0 radical (unpaired) electrons. The molecule has 1 atom stereocenters. The number of aromatic hydroxyl groups is 1. The van der Waals surface area contributed by atoms with Gasteiger partial charge >= 0.3 is 0 Å². The summed E-state index contributed by atoms with van der Waals surface area (Å²) in [5, 5.41) is 13.2. The minimum Gasteiger partial charge on any atom is -0.508 e. The summed E-state index contributed by atoms with van der Waals surface area (Å²) < 4.78 is 12.9. The van der Waals surface area contributed by atoms with Crippen LogP contribution in [0.15, 0.2) is 84.9 Å². The highest BCUT2D eigenvalue weighted by molar-refractivity contribution is 6.07. The van der Waals surface area contributed by atoms with Gasteiger partial charge in [0, 0.05) is 41.9 Å². The Morgan fingerprint density at radius 3 is 2.40 bits per heavy atom. The Bertz CT molecular complexity index is 1920. The van der Waals surface area contributed by atoms with Gasteiger partial charge in [-0.15, -0.1) is 0 Å². The molecule has 1 N–H and O–H groups in total. The number of fused-ring (bicyclic) bond motifs is 8. The first-order valence-electron chi connectivity index (χ1n) is 15.1. The third-order valence-electron chi connectivity index (χ3n) is 9.29. The lowest BCUT2D eigenvalue weighted by molar-refractivity contribution is 0.163. The lowest BCUT2D eigenvalue weighted by Gasteiger charge is -2.39. The average Bonchev–Trinajstić information content (AvgIpc) is 3.03. The van der Waals surface area contributed by atoms with E-state index in [0.717, 1.165) is 63.8 Å². The Morgan fingerprint density at radius 2 is 1.67 bits per heavy atom. The summed E-state index contributed by atoms with van der Waals surface area (Å²) in [6.07, 6.45) is 7.15. The van der Waals surface area contributed by atoms with E-state index in [9.17, 15) is 5.11 Å². The predicted octanol–water partition coefficient (Wildman–Crippen LogP) is 8.61. The molecule has 1 aliphatic heterocycles. The zero-order valence-corrected chi connectivity index (χ0v) is 25.5. The number of methoxy groups -OCH3 is 1. The normalized spacial score (nSPS) is 16.7. The number of anilines is 1. The van der Waals surface area contributed by atoms with Gasteiger partial charge in [-0.25, -0.2) is 0 Å². The first kappa shape index (κ1) is 27.2. The van der Waals surface area contributed by atoms with Crippen LogP contribution in [0.25, 0.3) is 28.0 Å². The van der Waals surface area contributed by atoms with Crippen LogP contribution in [0.4, 0.5) is 5.69 Å². The standard InChI is InChI=1S/C39H37NO3/c1-6-25-22-33-34(23-36(25)41)38-32(31-17-11-26-9-7-8-10-30(26)37(31)33)19-20-39(43-38,27-12-15-29(42-5)16-13-27)28-14-18-35(40(3)4)24(2)21-28/h7-10,12-16,18-23,41H,6,11,17H2,1-5H3. The molecular weight excluding hydrogens is 530 g/mol. The molecule has 4 heteroatoms. The molecule has 0 spiro atoms. The van der Waals surface area contributed by atoms with E-state index >= 15 is 0 Å². The number of aryl methyl sites for hydroxylation is 3. The Hall–Kier alpha value is -4.70. The number of phenolic OH excluding ortho intramolecular Hbond substituents is 1. The van der Waals surface area contributed by atoms with Gasteiger partial charge in [0.15, 0.2) is 5.60 Å². The largest absolute Gasteiger partial charge is 0.508 e. The highest BCUT2D eigenvalue weighted by Crippen LogP contribution is 2.52. The molecule has 43 heavy (non-hydrogen) atoms. The molecule has 0 amide bonds. The first-order chi connectivity index (χ1) is 20.8. The molecule has 5 aromatic rings. The molecule has 0 saturated carbocycles. The number of nitrogens with zero attached hydrogens (tertiary/aromatic N) is 1. The number of ether oxygens (including phenoxy) is 2. The summed E-state index contributed by atoms with van der Waals surface area (Å²) in [5.41, 5.74) is 10.8. The van der Waals surface area contributed by atoms with Crippen molar-refractivity contribution in [3.63, 3.8) is 0 Å². The van der Waals surface area contributed by atoms with E-state index in [1.54, 1.807) is 7.11 Å². The van der Waals surface area contributed by atoms with Crippen molar-refractivity contribution in [2.24, 2.45) is 0 Å². The van der Waals surface area contributed by atoms with Crippen molar-refractivity contribution in [2.75, 3.05) is 26.1 Å². The topological polar surface area (TPSA) is 41.9 Å². The summed E-state index contributed by atoms with van der Waals surface area (Å²) in [5.74, 6) is 1.92. The molecule has 2 aliphatic rings. The zero-order chi connectivity index (χ0) is 29.9. The second-order valence-electron chi connectivity index (χ2n) is 11.9. The molecule has 216 valence electrons. The van der Waals surface area contributed by atoms with E-state index in [1.807, 2.05) is 18.2 Å². The van der Waals surface area contributed by atoms with Crippen LogP contribution in [0, 0.1) is 6.92 Å². The summed E-state index contributed by atoms with van der Waals surface area (Å²) in [6.45, 7) is 4.24. The molecule has 7 rings (SSSR count). The van der Waals surface area contributed by atoms with E-state index in [2.05, 4.69) is 106 Å². The Balaban J connectivity index is 1.53. The summed E-state index contributed by atoms with van der Waals surface area (Å²) in [6, 6.07) is 27.6. The lowest BCUT2D eigenvalue weighted by Crippen LogP contribution is -2.35. The minimum atomic E-state index is -0.873. The van der Waals surface area contributed by atoms with Gasteiger partial charge in [0.05, 0.1) is 7.11 Å². The molecule has 0 fully saturated rings. The van der Waals surface area contributed by atoms with Crippen molar-refractivity contribution in [2.45, 2.75) is 38.7 Å². The molecule has 5 aromatic carbocycles. The molecule has 0 saturated heterocycles. The summed E-state index contributed by atoms with van der Waals surface area (Å²) in [4.78, 5) is 2.14. The highest BCUT2D eigenvalue weighted by atomic mass is 16.5. The van der Waals surface area contributed by atoms with Gasteiger partial charge in [0.1, 0.15) is 17.2 Å². The van der Waals surface area contributed by atoms with Crippen LogP contribution < -0.4 is 14.4 Å². The smallest absolute Gasteiger partial charge is 0.178 e. The molecule has 1 aliphatic carbocycles. The van der Waals surface area contributed by atoms with Gasteiger partial charge < -0.3 is 19.5 Å². The Kier molecular flexibility index (Phi) is 6.46. The van der Waals surface area contributed by atoms with Crippen molar-refractivity contribution in [3.8, 4) is 28.4 Å². The maximum Gasteiger partial charge on any atom is 0.178 e. The highest BCUT2D eigenvalue weighted by Gasteiger charge is 2.40. The monoisotopic (exact) mass is 567 g/mol. The fourth-order valence-corrected chi connectivity index (χ4v) is 7.09. The molecule has 4 nitrogen and oxygen atoms in total. The summed E-state index contributed by atoms with van der Waals surface area (Å²) in [7, 11) is 5.82. The SMILES string of the molecule is CCc1cc2c3c(c4c(c2cc1O)OC(c1ccc(OC)cc1)(c1ccc(N(C)C)c(C)c1)C=C4)CCc1ccccc1-3. The minimum absolute atomic E-state index is 0.306. The fraction of sp³-hybridized carbons (Fsp3) is 0.231. The molecular formula is C39H37NO3. The van der Waals surface area contributed by atoms with Crippen LogP contribution in [0.3, 0.4) is 0 Å². The first-order valence-corrected chi connectivity index (χ1v) is 15.1. The van der Waals surface area contributed by atoms with Gasteiger partial charge in [0.25, 0.3) is 0 Å². The molecule has 1 heterocycles. The third kappa shape index (κ3) is 4.19. The number of rotatable bonds is 5. The lowest BCUT2D eigenvalue weighted by atomic mass is 9.77. The number of hydrogen-bond donors (Lipinski definition) is 1. The van der Waals surface area contributed by atoms with Crippen molar-refractivity contribution in [1.29, 1.82) is 0 Å². The number of phenols is 1. The van der Waals surface area contributed by atoms with Crippen molar-refractivity contribution in [1.82, 2.24) is 0 Å². The van der Waals surface area contributed by atoms with Crippen LogP contribution in [0.1, 0.15) is 45.9 Å². The molecule has 0 bridgehead atoms. The third-order valence-corrected chi connectivity index (χ3v) is 9.29. The van der Waals surface area contributed by atoms with Crippen molar-refractivity contribution >= 4 is 22.5 Å². The quantitative estimate of drug-likeness (QED) is 0.231. The van der Waals surface area contributed by atoms with Crippen molar-refractivity contribution in [3.05, 3.63) is 124 Å². The van der Waals surface area contributed by atoms with Crippen LogP contribution in [-0.4, -0.2) is 26.3 Å². The fourth-order valence-electron chi connectivity index (χ4n) is 7.09. The molecule has 1 unspecified atom stereocenters. The maximum atomic E-state index is 11.2. The van der Waals surface area contributed by atoms with Gasteiger partial charge in [0.2, 0.25) is 0 Å². The van der Waals surface area contributed by atoms with Crippen LogP contribution in [0.2, 0.25) is 0 Å². The Labute approximate surface area is 253 Å². The van der Waals surface area contributed by atoms with E-state index < -0.39 is 5.60 Å². The van der Waals surface area contributed by atoms with E-state index in [-0.39, 0.29) is 0 Å². The predicted molar refractivity (Wildman–Crippen MR) is 177 cm³/mol. The number of hydrogen-bond acceptors (Lipinski definition) is 4.